The van der Waals surface area contributed by atoms with Crippen molar-refractivity contribution in [2.45, 2.75) is 32.9 Å². The van der Waals surface area contributed by atoms with Gasteiger partial charge in [-0.25, -0.2) is 0 Å². The van der Waals surface area contributed by atoms with Gasteiger partial charge < -0.3 is 9.47 Å². The van der Waals surface area contributed by atoms with Gasteiger partial charge in [-0.1, -0.05) is 43.3 Å². The normalized spacial score (nSPS) is 16.5. The quantitative estimate of drug-likeness (QED) is 0.608. The molecular formula is C22H23NO4S. The van der Waals surface area contributed by atoms with Crippen molar-refractivity contribution in [3.63, 3.8) is 0 Å². The summed E-state index contributed by atoms with van der Waals surface area (Å²) in [5, 5.41) is -0.223. The lowest BCUT2D eigenvalue weighted by Gasteiger charge is -2.19. The lowest BCUT2D eigenvalue weighted by Crippen LogP contribution is -2.36. The van der Waals surface area contributed by atoms with Crippen molar-refractivity contribution in [2.24, 2.45) is 0 Å². The molecule has 2 aromatic carbocycles. The number of hydrogen-bond acceptors (Lipinski definition) is 5. The lowest BCUT2D eigenvalue weighted by atomic mass is 10.1. The first-order valence-corrected chi connectivity index (χ1v) is 9.97. The third-order valence-corrected chi connectivity index (χ3v) is 5.46. The summed E-state index contributed by atoms with van der Waals surface area (Å²) in [4.78, 5) is 26.5. The zero-order valence-electron chi connectivity index (χ0n) is 16.2. The molecule has 0 N–H and O–H groups in total. The first-order chi connectivity index (χ1) is 13.5. The Bertz CT molecular complexity index is 895. The fraction of sp³-hybridized carbons (Fsp3) is 0.273. The largest absolute Gasteiger partial charge is 0.493 e. The molecule has 1 aliphatic rings. The van der Waals surface area contributed by atoms with Gasteiger partial charge in [-0.2, -0.15) is 0 Å². The van der Waals surface area contributed by atoms with E-state index in [4.69, 9.17) is 9.47 Å². The predicted molar refractivity (Wildman–Crippen MR) is 111 cm³/mol. The van der Waals surface area contributed by atoms with Gasteiger partial charge in [0.2, 0.25) is 0 Å². The van der Waals surface area contributed by atoms with E-state index in [-0.39, 0.29) is 17.2 Å². The highest BCUT2D eigenvalue weighted by Gasteiger charge is 2.37. The van der Waals surface area contributed by atoms with Crippen LogP contribution in [0.3, 0.4) is 0 Å². The van der Waals surface area contributed by atoms with Crippen LogP contribution in [0.15, 0.2) is 53.4 Å². The molecule has 0 unspecified atom stereocenters. The molecule has 2 amide bonds. The average molecular weight is 397 g/mol. The lowest BCUT2D eigenvalue weighted by molar-refractivity contribution is -0.124. The molecule has 0 aliphatic carbocycles. The van der Waals surface area contributed by atoms with E-state index in [1.807, 2.05) is 56.3 Å². The number of ether oxygens (including phenoxy) is 2. The summed E-state index contributed by atoms with van der Waals surface area (Å²) in [5.74, 6) is 0.953. The van der Waals surface area contributed by atoms with Crippen LogP contribution >= 0.6 is 11.8 Å². The van der Waals surface area contributed by atoms with Crippen LogP contribution in [0.5, 0.6) is 11.5 Å². The molecule has 0 radical (unpaired) electrons. The Hall–Kier alpha value is -2.73. The number of nitrogens with zero attached hydrogens (tertiary/aromatic N) is 1. The van der Waals surface area contributed by atoms with Crippen LogP contribution < -0.4 is 9.47 Å². The highest BCUT2D eigenvalue weighted by molar-refractivity contribution is 8.18. The fourth-order valence-corrected chi connectivity index (χ4v) is 3.75. The first kappa shape index (κ1) is 20.0. The van der Waals surface area contributed by atoms with Gasteiger partial charge in [-0.15, -0.1) is 0 Å². The Morgan fingerprint density at radius 3 is 2.54 bits per heavy atom. The molecular weight excluding hydrogens is 374 g/mol. The Morgan fingerprint density at radius 2 is 1.86 bits per heavy atom. The van der Waals surface area contributed by atoms with Gasteiger partial charge in [-0.05, 0) is 54.4 Å². The molecule has 1 atom stereocenters. The maximum absolute atomic E-state index is 12.6. The first-order valence-electron chi connectivity index (χ1n) is 9.15. The molecule has 1 heterocycles. The Balaban J connectivity index is 1.82. The van der Waals surface area contributed by atoms with Crippen molar-refractivity contribution < 1.29 is 19.1 Å². The second kappa shape index (κ2) is 8.97. The summed E-state index contributed by atoms with van der Waals surface area (Å²) >= 11 is 0.973. The molecule has 28 heavy (non-hydrogen) atoms. The number of methoxy groups -OCH3 is 1. The van der Waals surface area contributed by atoms with Crippen LogP contribution in [0.2, 0.25) is 0 Å². The van der Waals surface area contributed by atoms with Crippen LogP contribution in [0.1, 0.15) is 31.4 Å². The predicted octanol–water partition coefficient (Wildman–Crippen LogP) is 5.11. The van der Waals surface area contributed by atoms with Gasteiger partial charge in [-0.3, -0.25) is 14.5 Å². The van der Waals surface area contributed by atoms with Crippen molar-refractivity contribution in [2.75, 3.05) is 7.11 Å². The number of carbonyl (C=O) groups is 2. The fourth-order valence-electron chi connectivity index (χ4n) is 2.82. The van der Waals surface area contributed by atoms with Gasteiger partial charge in [0.1, 0.15) is 6.61 Å². The number of amides is 2. The number of thioether (sulfide) groups is 1. The monoisotopic (exact) mass is 397 g/mol. The topological polar surface area (TPSA) is 55.8 Å². The van der Waals surface area contributed by atoms with Crippen molar-refractivity contribution in [1.82, 2.24) is 4.90 Å². The van der Waals surface area contributed by atoms with E-state index in [9.17, 15) is 9.59 Å². The summed E-state index contributed by atoms with van der Waals surface area (Å²) < 4.78 is 11.3. The minimum atomic E-state index is -0.244. The van der Waals surface area contributed by atoms with Gasteiger partial charge in [0, 0.05) is 6.04 Å². The SMILES string of the molecule is CC[C@H](C)N1C(=O)S/C(=C/c2ccc(OC)c(OCc3ccccc3)c2)C1=O. The molecule has 1 saturated heterocycles. The molecule has 146 valence electrons. The van der Waals surface area contributed by atoms with E-state index in [2.05, 4.69) is 0 Å². The highest BCUT2D eigenvalue weighted by atomic mass is 32.2. The van der Waals surface area contributed by atoms with E-state index in [0.29, 0.717) is 23.0 Å². The average Bonchev–Trinajstić information content (AvgIpc) is 2.99. The smallest absolute Gasteiger partial charge is 0.293 e. The van der Waals surface area contributed by atoms with Crippen molar-refractivity contribution in [3.05, 3.63) is 64.6 Å². The minimum absolute atomic E-state index is 0.112. The molecule has 2 aromatic rings. The third kappa shape index (κ3) is 4.39. The van der Waals surface area contributed by atoms with Crippen LogP contribution in [0, 0.1) is 0 Å². The molecule has 1 aliphatic heterocycles. The van der Waals surface area contributed by atoms with Gasteiger partial charge in [0.05, 0.1) is 12.0 Å². The standard InChI is InChI=1S/C22H23NO4S/c1-4-15(2)23-21(24)20(28-22(23)25)13-17-10-11-18(26-3)19(12-17)27-14-16-8-6-5-7-9-16/h5-13,15H,4,14H2,1-3H3/b20-13+/t15-/m0/s1. The molecule has 3 rings (SSSR count). The summed E-state index contributed by atoms with van der Waals surface area (Å²) in [7, 11) is 1.59. The second-order valence-electron chi connectivity index (χ2n) is 6.49. The molecule has 0 bridgehead atoms. The molecule has 0 saturated carbocycles. The van der Waals surface area contributed by atoms with E-state index < -0.39 is 0 Å². The van der Waals surface area contributed by atoms with Crippen LogP contribution in [0.4, 0.5) is 4.79 Å². The van der Waals surface area contributed by atoms with E-state index in [0.717, 1.165) is 29.3 Å². The third-order valence-electron chi connectivity index (χ3n) is 4.58. The summed E-state index contributed by atoms with van der Waals surface area (Å²) in [6.07, 6.45) is 2.45. The Kier molecular flexibility index (Phi) is 6.41. The van der Waals surface area contributed by atoms with Gasteiger partial charge in [0.15, 0.2) is 11.5 Å². The number of imide groups is 1. The van der Waals surface area contributed by atoms with E-state index in [1.54, 1.807) is 19.3 Å². The van der Waals surface area contributed by atoms with E-state index >= 15 is 0 Å². The van der Waals surface area contributed by atoms with Crippen LogP contribution in [-0.2, 0) is 11.4 Å². The number of benzene rings is 2. The second-order valence-corrected chi connectivity index (χ2v) is 7.49. The molecule has 0 aromatic heterocycles. The van der Waals surface area contributed by atoms with Crippen molar-refractivity contribution in [3.8, 4) is 11.5 Å². The highest BCUT2D eigenvalue weighted by Crippen LogP contribution is 2.36. The van der Waals surface area contributed by atoms with Crippen molar-refractivity contribution in [1.29, 1.82) is 0 Å². The molecule has 0 spiro atoms. The summed E-state index contributed by atoms with van der Waals surface area (Å²) in [5.41, 5.74) is 1.82. The van der Waals surface area contributed by atoms with Gasteiger partial charge in [0.25, 0.3) is 11.1 Å². The minimum Gasteiger partial charge on any atom is -0.493 e. The Labute approximate surface area is 169 Å². The van der Waals surface area contributed by atoms with Crippen LogP contribution in [0.25, 0.3) is 6.08 Å². The zero-order valence-corrected chi connectivity index (χ0v) is 17.0. The number of carbonyl (C=O) groups excluding carboxylic acids is 2. The van der Waals surface area contributed by atoms with Crippen molar-refractivity contribution >= 4 is 29.0 Å². The zero-order chi connectivity index (χ0) is 20.1. The molecule has 6 heteroatoms. The van der Waals surface area contributed by atoms with Gasteiger partial charge >= 0.3 is 0 Å². The van der Waals surface area contributed by atoms with Crippen LogP contribution in [-0.4, -0.2) is 29.2 Å². The summed E-state index contributed by atoms with van der Waals surface area (Å²) in [6.45, 7) is 4.24. The number of rotatable bonds is 7. The molecule has 5 nitrogen and oxygen atoms in total. The summed E-state index contributed by atoms with van der Waals surface area (Å²) in [6, 6.07) is 15.2. The van der Waals surface area contributed by atoms with E-state index in [1.165, 1.54) is 4.90 Å². The molecule has 1 fully saturated rings. The maximum atomic E-state index is 12.6. The number of hydrogen-bond donors (Lipinski definition) is 0. The Morgan fingerprint density at radius 1 is 1.11 bits per heavy atom. The maximum Gasteiger partial charge on any atom is 0.293 e.